The molecule has 0 bridgehead atoms. The summed E-state index contributed by atoms with van der Waals surface area (Å²) in [6, 6.07) is 1.50. The average molecular weight is 345 g/mol. The first-order valence-electron chi connectivity index (χ1n) is 8.46. The third-order valence-corrected chi connectivity index (χ3v) is 4.56. The monoisotopic (exact) mass is 345 g/mol. The zero-order valence-corrected chi connectivity index (χ0v) is 14.5. The molecule has 2 aromatic heterocycles. The van der Waals surface area contributed by atoms with Crippen LogP contribution >= 0.6 is 0 Å². The molecule has 1 amide bonds. The summed E-state index contributed by atoms with van der Waals surface area (Å²) in [7, 11) is 0. The van der Waals surface area contributed by atoms with Crippen LogP contribution in [0.2, 0.25) is 0 Å². The van der Waals surface area contributed by atoms with Crippen molar-refractivity contribution in [2.45, 2.75) is 39.2 Å². The number of rotatable bonds is 5. The molecule has 0 radical (unpaired) electrons. The number of aryl methyl sites for hydroxylation is 3. The molecule has 25 heavy (non-hydrogen) atoms. The molecule has 1 aliphatic heterocycles. The highest BCUT2D eigenvalue weighted by Gasteiger charge is 2.25. The molecule has 8 nitrogen and oxygen atoms in total. The second-order valence-corrected chi connectivity index (χ2v) is 6.36. The number of carbonyl (C=O) groups is 1. The molecule has 1 aliphatic rings. The van der Waals surface area contributed by atoms with Gasteiger partial charge in [-0.1, -0.05) is 0 Å². The van der Waals surface area contributed by atoms with E-state index in [1.165, 1.54) is 12.4 Å². The van der Waals surface area contributed by atoms with Gasteiger partial charge in [0.25, 0.3) is 5.56 Å². The molecule has 3 rings (SSSR count). The van der Waals surface area contributed by atoms with Crippen molar-refractivity contribution in [3.05, 3.63) is 45.4 Å². The van der Waals surface area contributed by atoms with E-state index in [2.05, 4.69) is 20.2 Å². The van der Waals surface area contributed by atoms with Crippen molar-refractivity contribution in [1.29, 1.82) is 0 Å². The molecule has 1 atom stereocenters. The summed E-state index contributed by atoms with van der Waals surface area (Å²) < 4.78 is 5.77. The van der Waals surface area contributed by atoms with E-state index >= 15 is 0 Å². The number of nitrogens with zero attached hydrogens (tertiary/aromatic N) is 3. The number of carbonyl (C=O) groups excluding carboxylic acids is 1. The van der Waals surface area contributed by atoms with Gasteiger partial charge < -0.3 is 14.6 Å². The second-order valence-electron chi connectivity index (χ2n) is 6.36. The standard InChI is InChI=1S/C17H23N5O3/c1-11-15(12(2)21-20-11)8-17(24)22-5-6-25-14(9-22)4-3-13-7-16(23)19-10-18-13/h7,10,14H,3-6,8-9H2,1-2H3,(H,20,21)(H,18,19,23). The molecule has 1 unspecified atom stereocenters. The van der Waals surface area contributed by atoms with Crippen LogP contribution in [0.15, 0.2) is 17.2 Å². The molecule has 0 spiro atoms. The molecule has 0 saturated carbocycles. The minimum Gasteiger partial charge on any atom is -0.375 e. The van der Waals surface area contributed by atoms with Crippen LogP contribution in [-0.4, -0.2) is 56.8 Å². The van der Waals surface area contributed by atoms with Crippen LogP contribution in [-0.2, 0) is 22.4 Å². The lowest BCUT2D eigenvalue weighted by molar-refractivity contribution is -0.138. The zero-order chi connectivity index (χ0) is 17.8. The smallest absolute Gasteiger partial charge is 0.250 e. The van der Waals surface area contributed by atoms with E-state index in [0.29, 0.717) is 32.5 Å². The fraction of sp³-hybridized carbons (Fsp3) is 0.529. The van der Waals surface area contributed by atoms with Crippen molar-refractivity contribution in [2.24, 2.45) is 0 Å². The Hall–Kier alpha value is -2.48. The molecule has 2 aromatic rings. The lowest BCUT2D eigenvalue weighted by Gasteiger charge is -2.33. The number of H-pyrrole nitrogens is 2. The summed E-state index contributed by atoms with van der Waals surface area (Å²) in [5, 5.41) is 7.06. The zero-order valence-electron chi connectivity index (χ0n) is 14.5. The summed E-state index contributed by atoms with van der Waals surface area (Å²) in [6.45, 7) is 5.54. The van der Waals surface area contributed by atoms with Gasteiger partial charge in [0.15, 0.2) is 0 Å². The summed E-state index contributed by atoms with van der Waals surface area (Å²) >= 11 is 0. The van der Waals surface area contributed by atoms with E-state index in [9.17, 15) is 9.59 Å². The Bertz CT molecular complexity index is 778. The Morgan fingerprint density at radius 1 is 1.44 bits per heavy atom. The molecule has 1 saturated heterocycles. The molecule has 1 fully saturated rings. The first-order valence-corrected chi connectivity index (χ1v) is 8.46. The Labute approximate surface area is 145 Å². The summed E-state index contributed by atoms with van der Waals surface area (Å²) in [5.74, 6) is 0.0928. The number of nitrogens with one attached hydrogen (secondary N) is 2. The number of hydrogen-bond acceptors (Lipinski definition) is 5. The average Bonchev–Trinajstić information content (AvgIpc) is 2.92. The van der Waals surface area contributed by atoms with Crippen molar-refractivity contribution in [3.63, 3.8) is 0 Å². The van der Waals surface area contributed by atoms with E-state index in [-0.39, 0.29) is 17.6 Å². The highest BCUT2D eigenvalue weighted by Crippen LogP contribution is 2.15. The van der Waals surface area contributed by atoms with E-state index in [0.717, 1.165) is 29.1 Å². The van der Waals surface area contributed by atoms with E-state index in [1.807, 2.05) is 18.7 Å². The van der Waals surface area contributed by atoms with Gasteiger partial charge in [-0.2, -0.15) is 5.10 Å². The maximum Gasteiger partial charge on any atom is 0.250 e. The van der Waals surface area contributed by atoms with E-state index in [1.54, 1.807) is 0 Å². The lowest BCUT2D eigenvalue weighted by atomic mass is 10.1. The maximum atomic E-state index is 12.6. The molecular weight excluding hydrogens is 322 g/mol. The first kappa shape index (κ1) is 17.3. The van der Waals surface area contributed by atoms with Crippen molar-refractivity contribution in [1.82, 2.24) is 25.1 Å². The summed E-state index contributed by atoms with van der Waals surface area (Å²) in [6.07, 6.45) is 3.10. The van der Waals surface area contributed by atoms with Gasteiger partial charge in [0.05, 0.1) is 31.2 Å². The summed E-state index contributed by atoms with van der Waals surface area (Å²) in [4.78, 5) is 32.4. The maximum absolute atomic E-state index is 12.6. The van der Waals surface area contributed by atoms with Crippen molar-refractivity contribution >= 4 is 5.91 Å². The fourth-order valence-electron chi connectivity index (χ4n) is 3.07. The third kappa shape index (κ3) is 4.33. The second kappa shape index (κ2) is 7.60. The lowest BCUT2D eigenvalue weighted by Crippen LogP contribution is -2.46. The molecule has 134 valence electrons. The quantitative estimate of drug-likeness (QED) is 0.822. The number of amides is 1. The largest absolute Gasteiger partial charge is 0.375 e. The molecule has 3 heterocycles. The number of hydrogen-bond donors (Lipinski definition) is 2. The minimum atomic E-state index is -0.155. The van der Waals surface area contributed by atoms with Crippen molar-refractivity contribution < 1.29 is 9.53 Å². The fourth-order valence-corrected chi connectivity index (χ4v) is 3.07. The molecule has 8 heteroatoms. The predicted molar refractivity (Wildman–Crippen MR) is 91.3 cm³/mol. The van der Waals surface area contributed by atoms with Crippen LogP contribution in [0.3, 0.4) is 0 Å². The van der Waals surface area contributed by atoms with Gasteiger partial charge in [-0.3, -0.25) is 14.7 Å². The number of ether oxygens (including phenoxy) is 1. The van der Waals surface area contributed by atoms with Crippen LogP contribution in [0.4, 0.5) is 0 Å². The Morgan fingerprint density at radius 2 is 2.28 bits per heavy atom. The van der Waals surface area contributed by atoms with E-state index in [4.69, 9.17) is 4.74 Å². The first-order chi connectivity index (χ1) is 12.0. The molecular formula is C17H23N5O3. The van der Waals surface area contributed by atoms with Gasteiger partial charge in [0.1, 0.15) is 0 Å². The SMILES string of the molecule is Cc1n[nH]c(C)c1CC(=O)N1CCOC(CCc2cc(=O)[nH]cn2)C1. The van der Waals surface area contributed by atoms with Gasteiger partial charge in [-0.05, 0) is 26.7 Å². The van der Waals surface area contributed by atoms with Gasteiger partial charge in [-0.25, -0.2) is 4.98 Å². The van der Waals surface area contributed by atoms with Crippen molar-refractivity contribution in [2.75, 3.05) is 19.7 Å². The van der Waals surface area contributed by atoms with Gasteiger partial charge in [-0.15, -0.1) is 0 Å². The Kier molecular flexibility index (Phi) is 5.28. The molecule has 0 aliphatic carbocycles. The van der Waals surface area contributed by atoms with Crippen LogP contribution < -0.4 is 5.56 Å². The van der Waals surface area contributed by atoms with Gasteiger partial charge in [0, 0.05) is 36.1 Å². The highest BCUT2D eigenvalue weighted by molar-refractivity contribution is 5.79. The summed E-state index contributed by atoms with van der Waals surface area (Å²) in [5.41, 5.74) is 3.37. The van der Waals surface area contributed by atoms with Crippen LogP contribution in [0.1, 0.15) is 29.1 Å². The van der Waals surface area contributed by atoms with Crippen LogP contribution in [0, 0.1) is 13.8 Å². The number of morpholine rings is 1. The van der Waals surface area contributed by atoms with Crippen LogP contribution in [0.25, 0.3) is 0 Å². The molecule has 2 N–H and O–H groups in total. The normalized spacial score (nSPS) is 17.7. The van der Waals surface area contributed by atoms with Gasteiger partial charge >= 0.3 is 0 Å². The number of aromatic amines is 2. The topological polar surface area (TPSA) is 104 Å². The van der Waals surface area contributed by atoms with E-state index < -0.39 is 0 Å². The van der Waals surface area contributed by atoms with Crippen molar-refractivity contribution in [3.8, 4) is 0 Å². The number of aromatic nitrogens is 4. The predicted octanol–water partition coefficient (Wildman–Crippen LogP) is 0.513. The highest BCUT2D eigenvalue weighted by atomic mass is 16.5. The van der Waals surface area contributed by atoms with Gasteiger partial charge in [0.2, 0.25) is 5.91 Å². The minimum absolute atomic E-state index is 0.0367. The Morgan fingerprint density at radius 3 is 3.00 bits per heavy atom. The third-order valence-electron chi connectivity index (χ3n) is 4.56. The Balaban J connectivity index is 1.55. The van der Waals surface area contributed by atoms with Crippen LogP contribution in [0.5, 0.6) is 0 Å². The molecule has 0 aromatic carbocycles.